The van der Waals surface area contributed by atoms with E-state index in [1.54, 1.807) is 20.3 Å². The Hall–Kier alpha value is -3.99. The minimum atomic E-state index is 0.222. The summed E-state index contributed by atoms with van der Waals surface area (Å²) in [7, 11) is 5.27. The number of ether oxygens (including phenoxy) is 2. The van der Waals surface area contributed by atoms with Gasteiger partial charge in [-0.05, 0) is 95.9 Å². The number of benzene rings is 4. The Morgan fingerprint density at radius 2 is 1.37 bits per heavy atom. The van der Waals surface area contributed by atoms with Crippen LogP contribution in [0.2, 0.25) is 5.02 Å². The number of hydrogen-bond acceptors (Lipinski definition) is 4. The molecule has 0 saturated heterocycles. The minimum Gasteiger partial charge on any atom is -0.508 e. The van der Waals surface area contributed by atoms with E-state index in [1.807, 2.05) is 86.8 Å². The van der Waals surface area contributed by atoms with Crippen LogP contribution < -0.4 is 9.64 Å². The van der Waals surface area contributed by atoms with Crippen molar-refractivity contribution in [2.75, 3.05) is 26.2 Å². The van der Waals surface area contributed by atoms with Gasteiger partial charge in [0.1, 0.15) is 17.3 Å². The van der Waals surface area contributed by atoms with Crippen LogP contribution in [0, 0.1) is 0 Å². The molecule has 0 spiro atoms. The van der Waals surface area contributed by atoms with E-state index in [-0.39, 0.29) is 5.76 Å². The Bertz CT molecular complexity index is 1350. The van der Waals surface area contributed by atoms with Crippen LogP contribution in [0.25, 0.3) is 11.3 Å². The van der Waals surface area contributed by atoms with Gasteiger partial charge in [-0.3, -0.25) is 0 Å². The Morgan fingerprint density at radius 1 is 0.816 bits per heavy atom. The van der Waals surface area contributed by atoms with Gasteiger partial charge in [-0.15, -0.1) is 0 Å². The Morgan fingerprint density at radius 3 is 1.95 bits per heavy atom. The van der Waals surface area contributed by atoms with Crippen molar-refractivity contribution in [1.82, 2.24) is 0 Å². The van der Waals surface area contributed by atoms with Crippen molar-refractivity contribution in [2.24, 2.45) is 0 Å². The van der Waals surface area contributed by atoms with E-state index in [9.17, 15) is 5.11 Å². The maximum absolute atomic E-state index is 10.6. The van der Waals surface area contributed by atoms with Crippen LogP contribution in [0.4, 0.5) is 11.4 Å². The van der Waals surface area contributed by atoms with Crippen LogP contribution in [0.1, 0.15) is 30.0 Å². The molecule has 0 fully saturated rings. The molecular weight excluding hydrogens is 494 g/mol. The lowest BCUT2D eigenvalue weighted by molar-refractivity contribution is 0.277. The summed E-state index contributed by atoms with van der Waals surface area (Å²) in [5, 5.41) is 11.3. The maximum atomic E-state index is 10.6. The molecule has 0 bridgehead atoms. The number of methoxy groups -OCH3 is 1. The van der Waals surface area contributed by atoms with E-state index in [1.165, 1.54) is 0 Å². The number of para-hydroxylation sites is 1. The van der Waals surface area contributed by atoms with E-state index in [0.29, 0.717) is 16.3 Å². The maximum Gasteiger partial charge on any atom is 0.128 e. The largest absolute Gasteiger partial charge is 0.508 e. The molecule has 4 nitrogen and oxygen atoms in total. The number of halogens is 1. The highest BCUT2D eigenvalue weighted by Crippen LogP contribution is 2.33. The molecule has 38 heavy (non-hydrogen) atoms. The molecule has 4 rings (SSSR count). The molecular formula is C33H34ClNO3. The second-order valence-corrected chi connectivity index (χ2v) is 9.06. The van der Waals surface area contributed by atoms with Crippen LogP contribution in [0.15, 0.2) is 110 Å². The van der Waals surface area contributed by atoms with Gasteiger partial charge in [0.05, 0.1) is 0 Å². The van der Waals surface area contributed by atoms with Crippen molar-refractivity contribution in [3.8, 4) is 11.5 Å². The van der Waals surface area contributed by atoms with Crippen LogP contribution in [0.3, 0.4) is 0 Å². The molecule has 0 atom stereocenters. The normalized spacial score (nSPS) is 10.8. The molecule has 0 aliphatic rings. The summed E-state index contributed by atoms with van der Waals surface area (Å²) in [4.78, 5) is 2.10. The first-order chi connectivity index (χ1) is 18.4. The van der Waals surface area contributed by atoms with E-state index in [0.717, 1.165) is 40.2 Å². The summed E-state index contributed by atoms with van der Waals surface area (Å²) < 4.78 is 10.3. The number of hydrogen-bond donors (Lipinski definition) is 1. The fourth-order valence-electron chi connectivity index (χ4n) is 3.78. The zero-order chi connectivity index (χ0) is 27.5. The van der Waals surface area contributed by atoms with Crippen molar-refractivity contribution < 1.29 is 14.6 Å². The van der Waals surface area contributed by atoms with Crippen molar-refractivity contribution >= 4 is 34.3 Å². The Balaban J connectivity index is 0.00000127. The molecule has 0 amide bonds. The van der Waals surface area contributed by atoms with Crippen molar-refractivity contribution in [3.05, 3.63) is 131 Å². The SMILES string of the molecule is C=C(c1ccc(N(C)c2ccc(Cl)cc2)cc1)c1cc(Oc2ccccc2)cc(/C(O)=C/CC)c1.COC. The highest BCUT2D eigenvalue weighted by Gasteiger charge is 2.11. The first-order valence-corrected chi connectivity index (χ1v) is 12.7. The number of nitrogens with zero attached hydrogens (tertiary/aromatic N) is 1. The number of aliphatic hydroxyl groups is 1. The fraction of sp³-hybridized carbons (Fsp3) is 0.152. The summed E-state index contributed by atoms with van der Waals surface area (Å²) in [6.07, 6.45) is 2.52. The lowest BCUT2D eigenvalue weighted by Gasteiger charge is -2.20. The average molecular weight is 528 g/mol. The lowest BCUT2D eigenvalue weighted by atomic mass is 9.96. The Kier molecular flexibility index (Phi) is 10.6. The van der Waals surface area contributed by atoms with Crippen molar-refractivity contribution in [1.29, 1.82) is 0 Å². The zero-order valence-electron chi connectivity index (χ0n) is 22.3. The average Bonchev–Trinajstić information content (AvgIpc) is 2.94. The molecule has 0 radical (unpaired) electrons. The van der Waals surface area contributed by atoms with Gasteiger partial charge in [0.25, 0.3) is 0 Å². The summed E-state index contributed by atoms with van der Waals surface area (Å²) in [6, 6.07) is 31.3. The smallest absolute Gasteiger partial charge is 0.128 e. The molecule has 5 heteroatoms. The predicted molar refractivity (Wildman–Crippen MR) is 161 cm³/mol. The van der Waals surface area contributed by atoms with Gasteiger partial charge in [0, 0.05) is 43.2 Å². The molecule has 4 aromatic rings. The van der Waals surface area contributed by atoms with Gasteiger partial charge in [-0.25, -0.2) is 0 Å². The number of allylic oxidation sites excluding steroid dienone is 1. The topological polar surface area (TPSA) is 41.9 Å². The molecule has 0 saturated carbocycles. The molecule has 196 valence electrons. The second-order valence-electron chi connectivity index (χ2n) is 8.63. The summed E-state index contributed by atoms with van der Waals surface area (Å²) in [6.45, 7) is 6.34. The summed E-state index contributed by atoms with van der Waals surface area (Å²) in [5.41, 5.74) is 5.50. The molecule has 4 aromatic carbocycles. The zero-order valence-corrected chi connectivity index (χ0v) is 23.1. The van der Waals surface area contributed by atoms with E-state index in [2.05, 4.69) is 40.5 Å². The van der Waals surface area contributed by atoms with Crippen LogP contribution in [0.5, 0.6) is 11.5 Å². The standard InChI is InChI=1S/C31H28ClNO2.C2H6O/c1-4-8-31(34)25-19-24(20-30(21-25)35-29-9-6-5-7-10-29)22(2)23-11-15-27(16-12-23)33(3)28-17-13-26(32)14-18-28;1-3-2/h5-21,34H,2,4H2,1,3H3;1-2H3/b31-8-;. The first kappa shape index (κ1) is 28.6. The second kappa shape index (κ2) is 14.1. The molecule has 0 aliphatic carbocycles. The van der Waals surface area contributed by atoms with Crippen molar-refractivity contribution in [3.63, 3.8) is 0 Å². The first-order valence-electron chi connectivity index (χ1n) is 12.3. The number of rotatable bonds is 8. The highest BCUT2D eigenvalue weighted by atomic mass is 35.5. The van der Waals surface area contributed by atoms with Gasteiger partial charge < -0.3 is 19.5 Å². The summed E-state index contributed by atoms with van der Waals surface area (Å²) in [5.74, 6) is 1.59. The lowest BCUT2D eigenvalue weighted by Crippen LogP contribution is -2.09. The quantitative estimate of drug-likeness (QED) is 0.232. The van der Waals surface area contributed by atoms with Gasteiger partial charge in [-0.1, -0.05) is 55.4 Å². The van der Waals surface area contributed by atoms with E-state index < -0.39 is 0 Å². The molecule has 0 unspecified atom stereocenters. The number of anilines is 2. The minimum absolute atomic E-state index is 0.222. The molecule has 1 N–H and O–H groups in total. The van der Waals surface area contributed by atoms with Crippen LogP contribution in [-0.4, -0.2) is 26.4 Å². The van der Waals surface area contributed by atoms with Gasteiger partial charge >= 0.3 is 0 Å². The third-order valence-corrected chi connectivity index (χ3v) is 6.00. The van der Waals surface area contributed by atoms with Crippen molar-refractivity contribution in [2.45, 2.75) is 13.3 Å². The monoisotopic (exact) mass is 527 g/mol. The molecule has 0 heterocycles. The summed E-state index contributed by atoms with van der Waals surface area (Å²) >= 11 is 6.02. The van der Waals surface area contributed by atoms with Gasteiger partial charge in [0.2, 0.25) is 0 Å². The van der Waals surface area contributed by atoms with Gasteiger partial charge in [0.15, 0.2) is 0 Å². The Labute approximate surface area is 231 Å². The number of aliphatic hydroxyl groups excluding tert-OH is 1. The van der Waals surface area contributed by atoms with Crippen LogP contribution in [-0.2, 0) is 4.74 Å². The predicted octanol–water partition coefficient (Wildman–Crippen LogP) is 9.53. The van der Waals surface area contributed by atoms with Crippen LogP contribution >= 0.6 is 11.6 Å². The van der Waals surface area contributed by atoms with Gasteiger partial charge in [-0.2, -0.15) is 0 Å². The third kappa shape index (κ3) is 7.75. The molecule has 0 aromatic heterocycles. The van der Waals surface area contributed by atoms with E-state index >= 15 is 0 Å². The third-order valence-electron chi connectivity index (χ3n) is 5.74. The fourth-order valence-corrected chi connectivity index (χ4v) is 3.91. The molecule has 0 aliphatic heterocycles. The van der Waals surface area contributed by atoms with E-state index in [4.69, 9.17) is 16.3 Å². The highest BCUT2D eigenvalue weighted by molar-refractivity contribution is 6.30.